The molecule has 8 heteroatoms. The van der Waals surface area contributed by atoms with E-state index in [1.807, 2.05) is 22.6 Å². The summed E-state index contributed by atoms with van der Waals surface area (Å²) in [5.74, 6) is -3.05. The van der Waals surface area contributed by atoms with E-state index in [0.29, 0.717) is 14.9 Å². The maximum Gasteiger partial charge on any atom is 0.277 e. The number of hydrogen-bond acceptors (Lipinski definition) is 3. The second-order valence-electron chi connectivity index (χ2n) is 3.59. The average molecular weight is 407 g/mol. The van der Waals surface area contributed by atoms with Crippen LogP contribution in [0.5, 0.6) is 5.75 Å². The molecule has 0 spiro atoms. The summed E-state index contributed by atoms with van der Waals surface area (Å²) in [4.78, 5) is 11.7. The predicted octanol–water partition coefficient (Wildman–Crippen LogP) is 2.05. The predicted molar refractivity (Wildman–Crippen MR) is 79.3 cm³/mol. The van der Waals surface area contributed by atoms with Crippen molar-refractivity contribution in [3.63, 3.8) is 0 Å². The number of ether oxygens (including phenoxy) is 1. The molecular weight excluding hydrogens is 392 g/mol. The van der Waals surface area contributed by atoms with Crippen molar-refractivity contribution in [1.82, 2.24) is 5.32 Å². The van der Waals surface area contributed by atoms with Crippen LogP contribution >= 0.6 is 35.0 Å². The molecule has 0 aliphatic heterocycles. The van der Waals surface area contributed by atoms with E-state index in [2.05, 4.69) is 5.32 Å². The molecule has 1 aromatic carbocycles. The van der Waals surface area contributed by atoms with E-state index in [0.717, 1.165) is 0 Å². The maximum absolute atomic E-state index is 12.9. The maximum atomic E-state index is 12.9. The van der Waals surface area contributed by atoms with Gasteiger partial charge in [0.15, 0.2) is 0 Å². The number of halogens is 4. The summed E-state index contributed by atoms with van der Waals surface area (Å²) >= 11 is 1.94. The van der Waals surface area contributed by atoms with Gasteiger partial charge in [-0.1, -0.05) is 0 Å². The molecule has 0 bridgehead atoms. The lowest BCUT2D eigenvalue weighted by Gasteiger charge is -2.15. The van der Waals surface area contributed by atoms with Gasteiger partial charge in [-0.3, -0.25) is 4.79 Å². The van der Waals surface area contributed by atoms with Gasteiger partial charge in [-0.05, 0) is 40.8 Å². The van der Waals surface area contributed by atoms with Crippen molar-refractivity contribution < 1.29 is 18.3 Å². The van der Waals surface area contributed by atoms with Crippen molar-refractivity contribution >= 4 is 40.9 Å². The van der Waals surface area contributed by atoms with Gasteiger partial charge in [-0.25, -0.2) is 8.78 Å². The minimum Gasteiger partial charge on any atom is -0.497 e. The lowest BCUT2D eigenvalue weighted by molar-refractivity contribution is 0.0118. The van der Waals surface area contributed by atoms with E-state index in [9.17, 15) is 13.6 Å². The van der Waals surface area contributed by atoms with Crippen molar-refractivity contribution in [2.75, 3.05) is 20.2 Å². The van der Waals surface area contributed by atoms with Crippen LogP contribution in [0.25, 0.3) is 0 Å². The highest BCUT2D eigenvalue weighted by atomic mass is 127. The molecule has 0 heterocycles. The van der Waals surface area contributed by atoms with Gasteiger partial charge < -0.3 is 15.8 Å². The number of methoxy groups -OCH3 is 1. The molecule has 0 aliphatic rings. The van der Waals surface area contributed by atoms with E-state index in [1.165, 1.54) is 13.2 Å². The molecule has 1 aromatic rings. The Hall–Kier alpha value is -0.670. The minimum atomic E-state index is -3.09. The number of rotatable bonds is 5. The second-order valence-corrected chi connectivity index (χ2v) is 4.75. The van der Waals surface area contributed by atoms with Crippen LogP contribution < -0.4 is 15.8 Å². The van der Waals surface area contributed by atoms with E-state index < -0.39 is 24.9 Å². The van der Waals surface area contributed by atoms with Crippen molar-refractivity contribution in [2.24, 2.45) is 5.73 Å². The smallest absolute Gasteiger partial charge is 0.277 e. The SMILES string of the molecule is COc1ccc(C(=O)NCC(F)(F)CN)c(I)c1.Cl. The number of nitrogens with two attached hydrogens (primary N) is 1. The number of carbonyl (C=O) groups excluding carboxylic acids is 1. The van der Waals surface area contributed by atoms with Crippen LogP contribution in [0.3, 0.4) is 0 Å². The number of nitrogens with one attached hydrogen (secondary N) is 1. The van der Waals surface area contributed by atoms with Crippen LogP contribution in [0.15, 0.2) is 18.2 Å². The van der Waals surface area contributed by atoms with Crippen molar-refractivity contribution in [3.05, 3.63) is 27.3 Å². The zero-order valence-corrected chi connectivity index (χ0v) is 13.1. The van der Waals surface area contributed by atoms with Crippen LogP contribution in [0.2, 0.25) is 0 Å². The molecule has 0 saturated carbocycles. The molecule has 1 amide bonds. The molecule has 0 atom stereocenters. The molecule has 0 saturated heterocycles. The normalized spacial score (nSPS) is 10.6. The molecule has 4 nitrogen and oxygen atoms in total. The summed E-state index contributed by atoms with van der Waals surface area (Å²) in [5.41, 5.74) is 5.20. The minimum absolute atomic E-state index is 0. The van der Waals surface area contributed by atoms with Crippen LogP contribution in [0, 0.1) is 3.57 Å². The number of hydrogen-bond donors (Lipinski definition) is 2. The summed E-state index contributed by atoms with van der Waals surface area (Å²) in [6, 6.07) is 4.77. The fourth-order valence-electron chi connectivity index (χ4n) is 1.18. The summed E-state index contributed by atoms with van der Waals surface area (Å²) in [7, 11) is 1.51. The third-order valence-electron chi connectivity index (χ3n) is 2.23. The van der Waals surface area contributed by atoms with Gasteiger partial charge in [0.2, 0.25) is 0 Å². The number of benzene rings is 1. The Morgan fingerprint density at radius 2 is 2.16 bits per heavy atom. The first kappa shape index (κ1) is 18.3. The molecule has 1 rings (SSSR count). The standard InChI is InChI=1S/C11H13F2IN2O2.ClH/c1-18-7-2-3-8(9(14)4-7)10(17)16-6-11(12,13)5-15;/h2-4H,5-6,15H2,1H3,(H,16,17);1H. The van der Waals surface area contributed by atoms with Gasteiger partial charge in [-0.15, -0.1) is 12.4 Å². The zero-order valence-electron chi connectivity index (χ0n) is 10.1. The Kier molecular flexibility index (Phi) is 7.53. The molecule has 0 aromatic heterocycles. The number of amides is 1. The zero-order chi connectivity index (χ0) is 13.8. The summed E-state index contributed by atoms with van der Waals surface area (Å²) < 4.78 is 31.4. The molecule has 19 heavy (non-hydrogen) atoms. The first-order valence-corrected chi connectivity index (χ1v) is 6.17. The summed E-state index contributed by atoms with van der Waals surface area (Å²) in [5, 5.41) is 2.15. The van der Waals surface area contributed by atoms with Gasteiger partial charge in [0, 0.05) is 3.57 Å². The average Bonchev–Trinajstić information content (AvgIpc) is 2.36. The molecule has 0 fully saturated rings. The topological polar surface area (TPSA) is 64.3 Å². The van der Waals surface area contributed by atoms with E-state index >= 15 is 0 Å². The largest absolute Gasteiger partial charge is 0.497 e. The Bertz CT molecular complexity index is 447. The monoisotopic (exact) mass is 406 g/mol. The first-order chi connectivity index (χ1) is 8.39. The van der Waals surface area contributed by atoms with Gasteiger partial charge >= 0.3 is 0 Å². The van der Waals surface area contributed by atoms with E-state index in [1.54, 1.807) is 12.1 Å². The van der Waals surface area contributed by atoms with Crippen molar-refractivity contribution in [2.45, 2.75) is 5.92 Å². The van der Waals surface area contributed by atoms with Gasteiger partial charge in [0.05, 0.1) is 25.8 Å². The lowest BCUT2D eigenvalue weighted by Crippen LogP contribution is -2.41. The number of alkyl halides is 2. The lowest BCUT2D eigenvalue weighted by atomic mass is 10.2. The van der Waals surface area contributed by atoms with Gasteiger partial charge in [0.25, 0.3) is 11.8 Å². The second kappa shape index (κ2) is 7.81. The Morgan fingerprint density at radius 3 is 2.63 bits per heavy atom. The van der Waals surface area contributed by atoms with Crippen molar-refractivity contribution in [3.8, 4) is 5.75 Å². The Labute approximate surface area is 129 Å². The third kappa shape index (κ3) is 5.45. The quantitative estimate of drug-likeness (QED) is 0.736. The number of carbonyl (C=O) groups is 1. The highest BCUT2D eigenvalue weighted by Crippen LogP contribution is 2.19. The molecule has 0 aliphatic carbocycles. The van der Waals surface area contributed by atoms with Crippen molar-refractivity contribution in [1.29, 1.82) is 0 Å². The molecular formula is C11H14ClF2IN2O2. The van der Waals surface area contributed by atoms with Gasteiger partial charge in [0.1, 0.15) is 5.75 Å². The summed E-state index contributed by atoms with van der Waals surface area (Å²) in [6.07, 6.45) is 0. The Morgan fingerprint density at radius 1 is 1.53 bits per heavy atom. The molecule has 108 valence electrons. The van der Waals surface area contributed by atoms with Crippen LogP contribution in [0.1, 0.15) is 10.4 Å². The highest BCUT2D eigenvalue weighted by molar-refractivity contribution is 14.1. The van der Waals surface area contributed by atoms with E-state index in [-0.39, 0.29) is 12.4 Å². The first-order valence-electron chi connectivity index (χ1n) is 5.09. The van der Waals surface area contributed by atoms with E-state index in [4.69, 9.17) is 10.5 Å². The van der Waals surface area contributed by atoms with Crippen LogP contribution in [0.4, 0.5) is 8.78 Å². The molecule has 0 unspecified atom stereocenters. The fourth-order valence-corrected chi connectivity index (χ4v) is 1.92. The van der Waals surface area contributed by atoms with Gasteiger partial charge in [-0.2, -0.15) is 0 Å². The van der Waals surface area contributed by atoms with Crippen LogP contribution in [-0.2, 0) is 0 Å². The summed E-state index contributed by atoms with van der Waals surface area (Å²) in [6.45, 7) is -1.57. The Balaban J connectivity index is 0.00000324. The van der Waals surface area contributed by atoms with Crippen LogP contribution in [-0.4, -0.2) is 32.0 Å². The third-order valence-corrected chi connectivity index (χ3v) is 3.12. The molecule has 3 N–H and O–H groups in total. The highest BCUT2D eigenvalue weighted by Gasteiger charge is 2.27. The molecule has 0 radical (unpaired) electrons. The fraction of sp³-hybridized carbons (Fsp3) is 0.364.